The number of Topliss-reactive ketones (excluding diaryl/α,β-unsaturated/α-hetero) is 1. The van der Waals surface area contributed by atoms with Crippen molar-refractivity contribution in [2.75, 3.05) is 6.61 Å². The van der Waals surface area contributed by atoms with Crippen molar-refractivity contribution in [1.82, 2.24) is 4.57 Å². The van der Waals surface area contributed by atoms with Crippen LogP contribution in [0.1, 0.15) is 16.8 Å². The highest BCUT2D eigenvalue weighted by molar-refractivity contribution is 6.42. The van der Waals surface area contributed by atoms with Crippen molar-refractivity contribution in [2.24, 2.45) is 0 Å². The number of carbonyl (C=O) groups excluding carboxylic acids is 2. The minimum absolute atomic E-state index is 0.0489. The van der Waals surface area contributed by atoms with Crippen LogP contribution in [0.5, 0.6) is 0 Å². The summed E-state index contributed by atoms with van der Waals surface area (Å²) < 4.78 is 11.3. The van der Waals surface area contributed by atoms with E-state index in [1.807, 2.05) is 0 Å². The fourth-order valence-electron chi connectivity index (χ4n) is 2.43. The highest BCUT2D eigenvalue weighted by Gasteiger charge is 2.14. The first kappa shape index (κ1) is 19.5. The Balaban J connectivity index is 1.59. The van der Waals surface area contributed by atoms with Crippen LogP contribution >= 0.6 is 34.8 Å². The Kier molecular flexibility index (Phi) is 5.89. The molecular weight excluding hydrogens is 417 g/mol. The van der Waals surface area contributed by atoms with Crippen LogP contribution in [-0.2, 0) is 16.1 Å². The van der Waals surface area contributed by atoms with E-state index in [-0.39, 0.29) is 23.6 Å². The average Bonchev–Trinajstić information content (AvgIpc) is 2.94. The standard InChI is InChI=1S/C18H12Cl3NO5/c19-11-2-4-14-16(8-11)27-18(25)22(14)6-5-17(24)26-9-15(23)10-1-3-12(20)13(21)7-10/h1-4,7-8H,5-6,9H2. The van der Waals surface area contributed by atoms with Crippen LogP contribution in [0.4, 0.5) is 0 Å². The molecule has 0 aliphatic heterocycles. The van der Waals surface area contributed by atoms with Crippen molar-refractivity contribution >= 4 is 57.7 Å². The SMILES string of the molecule is O=C(CCn1c(=O)oc2cc(Cl)ccc21)OCC(=O)c1ccc(Cl)c(Cl)c1. The van der Waals surface area contributed by atoms with E-state index in [1.54, 1.807) is 12.1 Å². The Bertz CT molecular complexity index is 1090. The van der Waals surface area contributed by atoms with Crippen molar-refractivity contribution in [2.45, 2.75) is 13.0 Å². The molecule has 0 N–H and O–H groups in total. The molecule has 27 heavy (non-hydrogen) atoms. The van der Waals surface area contributed by atoms with Gasteiger partial charge in [0, 0.05) is 23.2 Å². The monoisotopic (exact) mass is 427 g/mol. The van der Waals surface area contributed by atoms with Gasteiger partial charge < -0.3 is 9.15 Å². The molecule has 140 valence electrons. The van der Waals surface area contributed by atoms with E-state index in [0.717, 1.165) is 0 Å². The summed E-state index contributed by atoms with van der Waals surface area (Å²) in [6, 6.07) is 9.14. The van der Waals surface area contributed by atoms with Crippen molar-refractivity contribution in [3.05, 3.63) is 67.6 Å². The van der Waals surface area contributed by atoms with Crippen LogP contribution in [0.15, 0.2) is 45.6 Å². The van der Waals surface area contributed by atoms with E-state index < -0.39 is 24.1 Å². The molecule has 9 heteroatoms. The number of hydrogen-bond acceptors (Lipinski definition) is 5. The van der Waals surface area contributed by atoms with Crippen molar-refractivity contribution in [3.8, 4) is 0 Å². The normalized spacial score (nSPS) is 10.9. The van der Waals surface area contributed by atoms with Gasteiger partial charge in [0.05, 0.1) is 22.0 Å². The van der Waals surface area contributed by atoms with Gasteiger partial charge in [-0.1, -0.05) is 34.8 Å². The second-order valence-electron chi connectivity index (χ2n) is 5.59. The molecule has 0 radical (unpaired) electrons. The number of aromatic nitrogens is 1. The van der Waals surface area contributed by atoms with Crippen LogP contribution in [0, 0.1) is 0 Å². The largest absolute Gasteiger partial charge is 0.457 e. The topological polar surface area (TPSA) is 78.5 Å². The van der Waals surface area contributed by atoms with E-state index in [2.05, 4.69) is 0 Å². The van der Waals surface area contributed by atoms with Gasteiger partial charge in [0.2, 0.25) is 0 Å². The van der Waals surface area contributed by atoms with Gasteiger partial charge in [0.15, 0.2) is 18.0 Å². The van der Waals surface area contributed by atoms with Crippen molar-refractivity contribution in [3.63, 3.8) is 0 Å². The lowest BCUT2D eigenvalue weighted by Gasteiger charge is -2.06. The predicted octanol–water partition coefficient (Wildman–Crippen LogP) is 4.37. The number of aryl methyl sites for hydroxylation is 1. The molecule has 0 spiro atoms. The summed E-state index contributed by atoms with van der Waals surface area (Å²) in [6.45, 7) is -0.388. The van der Waals surface area contributed by atoms with Gasteiger partial charge in [-0.3, -0.25) is 14.2 Å². The maximum absolute atomic E-state index is 12.0. The van der Waals surface area contributed by atoms with Gasteiger partial charge in [-0.25, -0.2) is 4.79 Å². The maximum atomic E-state index is 12.0. The Morgan fingerprint density at radius 3 is 2.56 bits per heavy atom. The minimum Gasteiger partial charge on any atom is -0.457 e. The van der Waals surface area contributed by atoms with Crippen LogP contribution in [-0.4, -0.2) is 22.9 Å². The zero-order valence-corrected chi connectivity index (χ0v) is 16.0. The number of hydrogen-bond donors (Lipinski definition) is 0. The third-order valence-corrected chi connectivity index (χ3v) is 4.75. The molecule has 0 aliphatic rings. The minimum atomic E-state index is -0.626. The molecule has 0 fully saturated rings. The predicted molar refractivity (Wildman–Crippen MR) is 102 cm³/mol. The van der Waals surface area contributed by atoms with Gasteiger partial charge in [-0.05, 0) is 30.3 Å². The molecule has 1 heterocycles. The molecule has 0 saturated carbocycles. The third-order valence-electron chi connectivity index (χ3n) is 3.78. The number of fused-ring (bicyclic) bond motifs is 1. The van der Waals surface area contributed by atoms with Crippen LogP contribution in [0.3, 0.4) is 0 Å². The van der Waals surface area contributed by atoms with E-state index >= 15 is 0 Å². The number of oxazole rings is 1. The zero-order chi connectivity index (χ0) is 19.6. The number of esters is 1. The van der Waals surface area contributed by atoms with Gasteiger partial charge in [0.25, 0.3) is 0 Å². The highest BCUT2D eigenvalue weighted by atomic mass is 35.5. The molecule has 0 atom stereocenters. The molecule has 1 aromatic heterocycles. The number of carbonyl (C=O) groups is 2. The molecule has 0 saturated heterocycles. The molecule has 0 bridgehead atoms. The molecule has 2 aromatic carbocycles. The zero-order valence-electron chi connectivity index (χ0n) is 13.7. The van der Waals surface area contributed by atoms with E-state index in [9.17, 15) is 14.4 Å². The Morgan fingerprint density at radius 1 is 1.04 bits per heavy atom. The van der Waals surface area contributed by atoms with E-state index in [1.165, 1.54) is 28.8 Å². The lowest BCUT2D eigenvalue weighted by atomic mass is 10.1. The molecule has 0 aliphatic carbocycles. The Labute approximate surface area is 168 Å². The molecule has 3 rings (SSSR count). The van der Waals surface area contributed by atoms with Crippen LogP contribution in [0.2, 0.25) is 15.1 Å². The summed E-state index contributed by atoms with van der Waals surface area (Å²) in [7, 11) is 0. The number of benzene rings is 2. The molecule has 0 unspecified atom stereocenters. The number of rotatable bonds is 6. The van der Waals surface area contributed by atoms with E-state index in [0.29, 0.717) is 21.1 Å². The third kappa shape index (κ3) is 4.53. The average molecular weight is 429 g/mol. The van der Waals surface area contributed by atoms with Gasteiger partial charge >= 0.3 is 11.7 Å². The van der Waals surface area contributed by atoms with Crippen molar-refractivity contribution in [1.29, 1.82) is 0 Å². The van der Waals surface area contributed by atoms with E-state index in [4.69, 9.17) is 44.0 Å². The Morgan fingerprint density at radius 2 is 1.81 bits per heavy atom. The summed E-state index contributed by atoms with van der Waals surface area (Å²) in [6.07, 6.45) is -0.105. The summed E-state index contributed by atoms with van der Waals surface area (Å²) in [5.74, 6) is -1.65. The highest BCUT2D eigenvalue weighted by Crippen LogP contribution is 2.23. The second-order valence-corrected chi connectivity index (χ2v) is 6.85. The number of ether oxygens (including phenoxy) is 1. The smallest absolute Gasteiger partial charge is 0.419 e. The first-order chi connectivity index (χ1) is 12.8. The number of ketones is 1. The lowest BCUT2D eigenvalue weighted by Crippen LogP contribution is -2.19. The quantitative estimate of drug-likeness (QED) is 0.430. The summed E-state index contributed by atoms with van der Waals surface area (Å²) in [5, 5.41) is 0.994. The lowest BCUT2D eigenvalue weighted by molar-refractivity contribution is -0.142. The first-order valence-corrected chi connectivity index (χ1v) is 8.91. The first-order valence-electron chi connectivity index (χ1n) is 7.78. The second kappa shape index (κ2) is 8.17. The van der Waals surface area contributed by atoms with Crippen molar-refractivity contribution < 1.29 is 18.7 Å². The summed E-state index contributed by atoms with van der Waals surface area (Å²) in [4.78, 5) is 35.8. The molecular formula is C18H12Cl3NO5. The molecule has 0 amide bonds. The van der Waals surface area contributed by atoms with Crippen LogP contribution < -0.4 is 5.76 Å². The molecule has 6 nitrogen and oxygen atoms in total. The van der Waals surface area contributed by atoms with Crippen LogP contribution in [0.25, 0.3) is 11.1 Å². The fraction of sp³-hybridized carbons (Fsp3) is 0.167. The number of nitrogens with zero attached hydrogens (tertiary/aromatic N) is 1. The van der Waals surface area contributed by atoms with Gasteiger partial charge in [0.1, 0.15) is 0 Å². The maximum Gasteiger partial charge on any atom is 0.419 e. The molecule has 3 aromatic rings. The Hall–Kier alpha value is -2.28. The van der Waals surface area contributed by atoms with Gasteiger partial charge in [-0.15, -0.1) is 0 Å². The van der Waals surface area contributed by atoms with Gasteiger partial charge in [-0.2, -0.15) is 0 Å². The number of halogens is 3. The fourth-order valence-corrected chi connectivity index (χ4v) is 2.89. The summed E-state index contributed by atoms with van der Waals surface area (Å²) in [5.41, 5.74) is 1.13. The summed E-state index contributed by atoms with van der Waals surface area (Å²) >= 11 is 17.5.